The van der Waals surface area contributed by atoms with E-state index < -0.39 is 0 Å². The molecule has 22 heavy (non-hydrogen) atoms. The molecule has 1 aliphatic rings. The predicted octanol–water partition coefficient (Wildman–Crippen LogP) is 2.32. The molecule has 1 heterocycles. The number of hydrogen-bond acceptors (Lipinski definition) is 2. The zero-order valence-electron chi connectivity index (χ0n) is 13.7. The predicted molar refractivity (Wildman–Crippen MR) is 89.5 cm³/mol. The highest BCUT2D eigenvalue weighted by Crippen LogP contribution is 2.08. The lowest BCUT2D eigenvalue weighted by Gasteiger charge is -2.21. The Balaban J connectivity index is 1.79. The van der Waals surface area contributed by atoms with Gasteiger partial charge in [-0.25, -0.2) is 4.39 Å². The van der Waals surface area contributed by atoms with Crippen molar-refractivity contribution in [1.29, 1.82) is 0 Å². The number of likely N-dealkylation sites (N-methyl/N-ethyl adjacent to an activating group) is 1. The van der Waals surface area contributed by atoms with Crippen LogP contribution >= 0.6 is 0 Å². The molecule has 0 spiro atoms. The first kappa shape index (κ1) is 16.7. The van der Waals surface area contributed by atoms with Crippen LogP contribution in [0.15, 0.2) is 29.3 Å². The Morgan fingerprint density at radius 1 is 1.27 bits per heavy atom. The molecule has 2 rings (SSSR count). The lowest BCUT2D eigenvalue weighted by atomic mass is 10.2. The highest BCUT2D eigenvalue weighted by Gasteiger charge is 2.15. The summed E-state index contributed by atoms with van der Waals surface area (Å²) in [7, 11) is 2.07. The fourth-order valence-corrected chi connectivity index (χ4v) is 2.66. The van der Waals surface area contributed by atoms with E-state index in [1.54, 1.807) is 0 Å². The van der Waals surface area contributed by atoms with E-state index in [2.05, 4.69) is 29.1 Å². The minimum absolute atomic E-state index is 0.183. The van der Waals surface area contributed by atoms with Crippen LogP contribution in [0.2, 0.25) is 0 Å². The van der Waals surface area contributed by atoms with Crippen molar-refractivity contribution in [1.82, 2.24) is 15.1 Å². The van der Waals surface area contributed by atoms with Crippen molar-refractivity contribution in [2.24, 2.45) is 4.99 Å². The third-order valence-corrected chi connectivity index (χ3v) is 3.85. The summed E-state index contributed by atoms with van der Waals surface area (Å²) in [6.07, 6.45) is 2.52. The van der Waals surface area contributed by atoms with Crippen LogP contribution in [0.1, 0.15) is 25.3 Å². The highest BCUT2D eigenvalue weighted by atomic mass is 19.1. The highest BCUT2D eigenvalue weighted by molar-refractivity contribution is 5.80. The molecule has 122 valence electrons. The van der Waals surface area contributed by atoms with E-state index >= 15 is 0 Å². The molecule has 1 aromatic rings. The molecule has 0 aliphatic carbocycles. The number of benzene rings is 1. The molecule has 1 fully saturated rings. The molecule has 0 bridgehead atoms. The summed E-state index contributed by atoms with van der Waals surface area (Å²) < 4.78 is 12.9. The van der Waals surface area contributed by atoms with Crippen molar-refractivity contribution in [2.45, 2.75) is 26.3 Å². The van der Waals surface area contributed by atoms with E-state index in [0.29, 0.717) is 0 Å². The third-order valence-electron chi connectivity index (χ3n) is 3.85. The van der Waals surface area contributed by atoms with Gasteiger partial charge in [-0.3, -0.25) is 4.99 Å². The van der Waals surface area contributed by atoms with Crippen molar-refractivity contribution in [3.63, 3.8) is 0 Å². The van der Waals surface area contributed by atoms with Crippen molar-refractivity contribution in [2.75, 3.05) is 39.8 Å². The number of halogens is 1. The second-order valence-corrected chi connectivity index (χ2v) is 5.79. The molecular formula is C17H27FN4. The quantitative estimate of drug-likeness (QED) is 0.646. The minimum Gasteiger partial charge on any atom is -0.357 e. The second-order valence-electron chi connectivity index (χ2n) is 5.79. The second kappa shape index (κ2) is 8.73. The Bertz CT molecular complexity index is 466. The van der Waals surface area contributed by atoms with Gasteiger partial charge in [0.2, 0.25) is 0 Å². The van der Waals surface area contributed by atoms with E-state index in [0.717, 1.165) is 50.8 Å². The minimum atomic E-state index is -0.183. The van der Waals surface area contributed by atoms with Gasteiger partial charge in [-0.15, -0.1) is 0 Å². The summed E-state index contributed by atoms with van der Waals surface area (Å²) in [5, 5.41) is 3.37. The standard InChI is InChI=1S/C17H27FN4/c1-3-19-17(22-11-4-5-12-22)20-10-13-21(2)14-15-6-8-16(18)9-7-15/h6-9H,3-5,10-14H2,1-2H3,(H,19,20). The average molecular weight is 306 g/mol. The average Bonchev–Trinajstić information content (AvgIpc) is 3.03. The first-order valence-electron chi connectivity index (χ1n) is 8.15. The van der Waals surface area contributed by atoms with E-state index in [9.17, 15) is 4.39 Å². The van der Waals surface area contributed by atoms with Gasteiger partial charge in [-0.1, -0.05) is 12.1 Å². The molecule has 1 aliphatic heterocycles. The topological polar surface area (TPSA) is 30.9 Å². The molecule has 0 aromatic heterocycles. The molecule has 1 aromatic carbocycles. The van der Waals surface area contributed by atoms with E-state index in [1.807, 2.05) is 12.1 Å². The van der Waals surface area contributed by atoms with Crippen molar-refractivity contribution < 1.29 is 4.39 Å². The molecule has 0 radical (unpaired) electrons. The number of aliphatic imine (C=N–C) groups is 1. The molecule has 1 N–H and O–H groups in total. The number of hydrogen-bond donors (Lipinski definition) is 1. The third kappa shape index (κ3) is 5.30. The molecule has 5 heteroatoms. The van der Waals surface area contributed by atoms with E-state index in [4.69, 9.17) is 4.99 Å². The Labute approximate surface area is 133 Å². The lowest BCUT2D eigenvalue weighted by Crippen LogP contribution is -2.40. The van der Waals surface area contributed by atoms with Crippen molar-refractivity contribution in [3.8, 4) is 0 Å². The number of guanidine groups is 1. The van der Waals surface area contributed by atoms with Crippen LogP contribution in [0.3, 0.4) is 0 Å². The van der Waals surface area contributed by atoms with Crippen LogP contribution in [0.4, 0.5) is 4.39 Å². The van der Waals surface area contributed by atoms with E-state index in [1.165, 1.54) is 25.0 Å². The van der Waals surface area contributed by atoms with Gasteiger partial charge in [0.25, 0.3) is 0 Å². The first-order valence-corrected chi connectivity index (χ1v) is 8.15. The SMILES string of the molecule is CCNC(=NCCN(C)Cc1ccc(F)cc1)N1CCCC1. The molecule has 0 amide bonds. The van der Waals surface area contributed by atoms with Crippen LogP contribution in [0.25, 0.3) is 0 Å². The van der Waals surface area contributed by atoms with Crippen LogP contribution in [0, 0.1) is 5.82 Å². The molecule has 0 saturated carbocycles. The monoisotopic (exact) mass is 306 g/mol. The summed E-state index contributed by atoms with van der Waals surface area (Å²) in [6.45, 7) is 7.70. The lowest BCUT2D eigenvalue weighted by molar-refractivity contribution is 0.335. The van der Waals surface area contributed by atoms with Gasteiger partial charge in [0.05, 0.1) is 6.54 Å². The Morgan fingerprint density at radius 2 is 1.95 bits per heavy atom. The Hall–Kier alpha value is -1.62. The number of rotatable bonds is 6. The summed E-state index contributed by atoms with van der Waals surface area (Å²) >= 11 is 0. The maximum atomic E-state index is 12.9. The smallest absolute Gasteiger partial charge is 0.193 e. The van der Waals surface area contributed by atoms with Gasteiger partial charge in [0, 0.05) is 32.7 Å². The maximum absolute atomic E-state index is 12.9. The normalized spacial score (nSPS) is 15.6. The number of likely N-dealkylation sites (tertiary alicyclic amines) is 1. The maximum Gasteiger partial charge on any atom is 0.193 e. The first-order chi connectivity index (χ1) is 10.7. The number of nitrogens with one attached hydrogen (secondary N) is 1. The van der Waals surface area contributed by atoms with Gasteiger partial charge in [-0.2, -0.15) is 0 Å². The van der Waals surface area contributed by atoms with Gasteiger partial charge in [0.15, 0.2) is 5.96 Å². The van der Waals surface area contributed by atoms with Gasteiger partial charge in [-0.05, 0) is 44.5 Å². The van der Waals surface area contributed by atoms with Crippen LogP contribution in [-0.2, 0) is 6.54 Å². The van der Waals surface area contributed by atoms with Crippen LogP contribution < -0.4 is 5.32 Å². The summed E-state index contributed by atoms with van der Waals surface area (Å²) in [4.78, 5) is 9.27. The Morgan fingerprint density at radius 3 is 2.59 bits per heavy atom. The summed E-state index contributed by atoms with van der Waals surface area (Å²) in [6, 6.07) is 6.70. The molecule has 0 unspecified atom stereocenters. The zero-order chi connectivity index (χ0) is 15.8. The largest absolute Gasteiger partial charge is 0.357 e. The van der Waals surface area contributed by atoms with Gasteiger partial charge < -0.3 is 15.1 Å². The van der Waals surface area contributed by atoms with Crippen molar-refractivity contribution in [3.05, 3.63) is 35.6 Å². The molecule has 0 atom stereocenters. The van der Waals surface area contributed by atoms with Gasteiger partial charge in [0.1, 0.15) is 5.82 Å². The fraction of sp³-hybridized carbons (Fsp3) is 0.588. The van der Waals surface area contributed by atoms with E-state index in [-0.39, 0.29) is 5.82 Å². The summed E-state index contributed by atoms with van der Waals surface area (Å²) in [5.41, 5.74) is 1.12. The van der Waals surface area contributed by atoms with Crippen molar-refractivity contribution >= 4 is 5.96 Å². The zero-order valence-corrected chi connectivity index (χ0v) is 13.7. The fourth-order valence-electron chi connectivity index (χ4n) is 2.66. The number of nitrogens with zero attached hydrogens (tertiary/aromatic N) is 3. The van der Waals surface area contributed by atoms with Crippen LogP contribution in [-0.4, -0.2) is 55.5 Å². The Kier molecular flexibility index (Phi) is 6.65. The van der Waals surface area contributed by atoms with Crippen LogP contribution in [0.5, 0.6) is 0 Å². The molecule has 1 saturated heterocycles. The van der Waals surface area contributed by atoms with Gasteiger partial charge >= 0.3 is 0 Å². The molecular weight excluding hydrogens is 279 g/mol. The molecule has 4 nitrogen and oxygen atoms in total. The summed E-state index contributed by atoms with van der Waals surface area (Å²) in [5.74, 6) is 0.854.